The van der Waals surface area contributed by atoms with Crippen LogP contribution in [-0.2, 0) is 6.54 Å². The van der Waals surface area contributed by atoms with Gasteiger partial charge in [-0.2, -0.15) is 5.26 Å². The van der Waals surface area contributed by atoms with Crippen molar-refractivity contribution in [1.82, 2.24) is 9.97 Å². The van der Waals surface area contributed by atoms with Gasteiger partial charge in [-0.05, 0) is 35.0 Å². The molecule has 5 nitrogen and oxygen atoms in total. The Kier molecular flexibility index (Phi) is 4.71. The molecule has 0 aliphatic carbocycles. The first-order valence-electron chi connectivity index (χ1n) is 5.62. The van der Waals surface area contributed by atoms with E-state index in [2.05, 4.69) is 42.6 Å². The Labute approximate surface area is 123 Å². The molecule has 2 N–H and O–H groups in total. The molecule has 0 bridgehead atoms. The molecule has 2 heterocycles. The van der Waals surface area contributed by atoms with E-state index in [4.69, 9.17) is 5.26 Å². The fourth-order valence-corrected chi connectivity index (χ4v) is 2.93. The molecule has 2 rings (SSSR count). The smallest absolute Gasteiger partial charge is 0.132 e. The summed E-state index contributed by atoms with van der Waals surface area (Å²) in [7, 11) is 0. The van der Waals surface area contributed by atoms with Gasteiger partial charge in [-0.3, -0.25) is 0 Å². The van der Waals surface area contributed by atoms with Crippen LogP contribution in [0.3, 0.4) is 0 Å². The molecule has 19 heavy (non-hydrogen) atoms. The van der Waals surface area contributed by atoms with E-state index in [0.29, 0.717) is 18.2 Å². The first kappa shape index (κ1) is 13.8. The molecule has 0 spiro atoms. The summed E-state index contributed by atoms with van der Waals surface area (Å²) >= 11 is 5.12. The third-order valence-corrected chi connectivity index (χ3v) is 3.88. The van der Waals surface area contributed by atoms with Gasteiger partial charge in [0, 0.05) is 10.9 Å². The average Bonchev–Trinajstić information content (AvgIpc) is 2.79. The summed E-state index contributed by atoms with van der Waals surface area (Å²) in [6.07, 6.45) is 0. The number of nitriles is 1. The van der Waals surface area contributed by atoms with Crippen molar-refractivity contribution in [2.24, 2.45) is 0 Å². The molecule has 0 aromatic carbocycles. The highest BCUT2D eigenvalue weighted by Gasteiger charge is 2.02. The molecule has 2 aromatic heterocycles. The lowest BCUT2D eigenvalue weighted by atomic mass is 10.4. The van der Waals surface area contributed by atoms with E-state index in [1.54, 1.807) is 17.4 Å². The maximum Gasteiger partial charge on any atom is 0.132 e. The lowest BCUT2D eigenvalue weighted by molar-refractivity contribution is 1.02. The highest BCUT2D eigenvalue weighted by molar-refractivity contribution is 9.11. The Hall–Kier alpha value is -1.65. The van der Waals surface area contributed by atoms with Crippen molar-refractivity contribution in [2.75, 3.05) is 17.2 Å². The zero-order valence-electron chi connectivity index (χ0n) is 10.3. The zero-order valence-corrected chi connectivity index (χ0v) is 12.7. The Morgan fingerprint density at radius 3 is 2.68 bits per heavy atom. The summed E-state index contributed by atoms with van der Waals surface area (Å²) in [5, 5.41) is 14.7. The highest BCUT2D eigenvalue weighted by atomic mass is 79.9. The van der Waals surface area contributed by atoms with Crippen molar-refractivity contribution in [3.8, 4) is 6.07 Å². The Morgan fingerprint density at radius 2 is 2.05 bits per heavy atom. The standard InChI is InChI=1S/C12H12BrN5S/c1-8-17-11(15-5-4-14)6-12(18-8)16-7-9-2-3-10(13)19-9/h2-3,6H,5,7H2,1H3,(H2,15,16,17,18). The lowest BCUT2D eigenvalue weighted by Crippen LogP contribution is -2.06. The van der Waals surface area contributed by atoms with E-state index in [-0.39, 0.29) is 6.54 Å². The molecular weight excluding hydrogens is 326 g/mol. The molecule has 0 aliphatic heterocycles. The van der Waals surface area contributed by atoms with E-state index in [0.717, 1.165) is 9.60 Å². The van der Waals surface area contributed by atoms with Gasteiger partial charge in [0.15, 0.2) is 0 Å². The summed E-state index contributed by atoms with van der Waals surface area (Å²) in [6, 6.07) is 7.90. The van der Waals surface area contributed by atoms with Crippen LogP contribution in [0.25, 0.3) is 0 Å². The molecule has 0 fully saturated rings. The third-order valence-electron chi connectivity index (χ3n) is 2.26. The monoisotopic (exact) mass is 337 g/mol. The van der Waals surface area contributed by atoms with Crippen LogP contribution in [0.15, 0.2) is 22.0 Å². The molecule has 0 saturated carbocycles. The van der Waals surface area contributed by atoms with Crippen LogP contribution in [0.5, 0.6) is 0 Å². The van der Waals surface area contributed by atoms with Crippen LogP contribution < -0.4 is 10.6 Å². The van der Waals surface area contributed by atoms with Crippen LogP contribution in [0, 0.1) is 18.3 Å². The zero-order chi connectivity index (χ0) is 13.7. The van der Waals surface area contributed by atoms with Crippen molar-refractivity contribution in [1.29, 1.82) is 5.26 Å². The normalized spacial score (nSPS) is 9.95. The molecule has 2 aromatic rings. The first-order valence-corrected chi connectivity index (χ1v) is 7.23. The summed E-state index contributed by atoms with van der Waals surface area (Å²) < 4.78 is 1.11. The molecule has 98 valence electrons. The van der Waals surface area contributed by atoms with Crippen LogP contribution >= 0.6 is 27.3 Å². The van der Waals surface area contributed by atoms with Crippen LogP contribution in [0.2, 0.25) is 0 Å². The fourth-order valence-electron chi connectivity index (χ4n) is 1.50. The predicted molar refractivity (Wildman–Crippen MR) is 80.2 cm³/mol. The van der Waals surface area contributed by atoms with Crippen LogP contribution in [-0.4, -0.2) is 16.5 Å². The van der Waals surface area contributed by atoms with Gasteiger partial charge >= 0.3 is 0 Å². The summed E-state index contributed by atoms with van der Waals surface area (Å²) in [5.74, 6) is 2.07. The molecular formula is C12H12BrN5S. The molecule has 0 saturated heterocycles. The minimum Gasteiger partial charge on any atom is -0.365 e. The predicted octanol–water partition coefficient (Wildman–Crippen LogP) is 3.16. The van der Waals surface area contributed by atoms with Crippen LogP contribution in [0.1, 0.15) is 10.7 Å². The van der Waals surface area contributed by atoms with Crippen molar-refractivity contribution in [3.63, 3.8) is 0 Å². The van der Waals surface area contributed by atoms with Crippen molar-refractivity contribution in [2.45, 2.75) is 13.5 Å². The molecule has 7 heteroatoms. The average molecular weight is 338 g/mol. The van der Waals surface area contributed by atoms with Crippen molar-refractivity contribution >= 4 is 38.9 Å². The Bertz CT molecular complexity index is 604. The van der Waals surface area contributed by atoms with Gasteiger partial charge in [0.05, 0.1) is 16.4 Å². The molecule has 0 radical (unpaired) electrons. The van der Waals surface area contributed by atoms with Crippen molar-refractivity contribution < 1.29 is 0 Å². The molecule has 0 atom stereocenters. The first-order chi connectivity index (χ1) is 9.17. The van der Waals surface area contributed by atoms with Crippen molar-refractivity contribution in [3.05, 3.63) is 32.7 Å². The number of rotatable bonds is 5. The summed E-state index contributed by atoms with van der Waals surface area (Å²) in [4.78, 5) is 9.74. The second-order valence-electron chi connectivity index (χ2n) is 3.76. The van der Waals surface area contributed by atoms with Gasteiger partial charge in [0.1, 0.15) is 24.0 Å². The highest BCUT2D eigenvalue weighted by Crippen LogP contribution is 2.23. The molecule has 0 aliphatic rings. The van der Waals surface area contributed by atoms with Gasteiger partial charge < -0.3 is 10.6 Å². The fraction of sp³-hybridized carbons (Fsp3) is 0.250. The maximum atomic E-state index is 8.55. The number of aromatic nitrogens is 2. The number of thiophene rings is 1. The third kappa shape index (κ3) is 4.19. The summed E-state index contributed by atoms with van der Waals surface area (Å²) in [5.41, 5.74) is 0. The maximum absolute atomic E-state index is 8.55. The number of hydrogen-bond donors (Lipinski definition) is 2. The molecule has 0 amide bonds. The van der Waals surface area contributed by atoms with Gasteiger partial charge in [-0.1, -0.05) is 0 Å². The van der Waals surface area contributed by atoms with Crippen LogP contribution in [0.4, 0.5) is 11.6 Å². The van der Waals surface area contributed by atoms with E-state index < -0.39 is 0 Å². The second kappa shape index (κ2) is 6.50. The van der Waals surface area contributed by atoms with E-state index in [1.807, 2.05) is 19.1 Å². The van der Waals surface area contributed by atoms with Gasteiger partial charge in [-0.25, -0.2) is 9.97 Å². The van der Waals surface area contributed by atoms with E-state index in [9.17, 15) is 0 Å². The quantitative estimate of drug-likeness (QED) is 0.820. The minimum absolute atomic E-state index is 0.230. The number of aryl methyl sites for hydroxylation is 1. The number of nitrogens with one attached hydrogen (secondary N) is 2. The Morgan fingerprint density at radius 1 is 1.32 bits per heavy atom. The largest absolute Gasteiger partial charge is 0.365 e. The number of nitrogens with zero attached hydrogens (tertiary/aromatic N) is 3. The lowest BCUT2D eigenvalue weighted by Gasteiger charge is -2.07. The van der Waals surface area contributed by atoms with Gasteiger partial charge in [0.25, 0.3) is 0 Å². The minimum atomic E-state index is 0.230. The molecule has 0 unspecified atom stereocenters. The number of halogens is 1. The number of hydrogen-bond acceptors (Lipinski definition) is 6. The SMILES string of the molecule is Cc1nc(NCC#N)cc(NCc2ccc(Br)s2)n1. The topological polar surface area (TPSA) is 73.6 Å². The second-order valence-corrected chi connectivity index (χ2v) is 6.30. The van der Waals surface area contributed by atoms with Gasteiger partial charge in [-0.15, -0.1) is 11.3 Å². The number of anilines is 2. The van der Waals surface area contributed by atoms with E-state index in [1.165, 1.54) is 4.88 Å². The summed E-state index contributed by atoms with van der Waals surface area (Å²) in [6.45, 7) is 2.77. The van der Waals surface area contributed by atoms with Gasteiger partial charge in [0.2, 0.25) is 0 Å². The van der Waals surface area contributed by atoms with E-state index >= 15 is 0 Å². The Balaban J connectivity index is 2.03.